The standard InChI is InChI=1S/C17H13FN4O3S2/c1-25-13-4-2-3-11(9-13)15-10-26-17-19-16(20-22(15)17)21-27(23,24)14-7-5-12(18)6-8-14/h2-10H,1H3,(H,20,21). The van der Waals surface area contributed by atoms with Crippen molar-refractivity contribution in [3.63, 3.8) is 0 Å². The van der Waals surface area contributed by atoms with Crippen LogP contribution in [0.1, 0.15) is 0 Å². The molecule has 10 heteroatoms. The number of sulfonamides is 1. The lowest BCUT2D eigenvalue weighted by Crippen LogP contribution is -2.14. The van der Waals surface area contributed by atoms with Crippen LogP contribution in [-0.2, 0) is 10.0 Å². The number of aromatic nitrogens is 3. The minimum absolute atomic E-state index is 0.0599. The molecule has 4 rings (SSSR count). The minimum atomic E-state index is -3.91. The maximum Gasteiger partial charge on any atom is 0.264 e. The second-order valence-corrected chi connectivity index (χ2v) is 8.06. The normalized spacial score (nSPS) is 11.6. The van der Waals surface area contributed by atoms with E-state index in [1.54, 1.807) is 11.6 Å². The molecule has 0 fully saturated rings. The van der Waals surface area contributed by atoms with Gasteiger partial charge in [0.25, 0.3) is 16.0 Å². The Bertz CT molecular complexity index is 1220. The quantitative estimate of drug-likeness (QED) is 0.551. The highest BCUT2D eigenvalue weighted by molar-refractivity contribution is 7.92. The summed E-state index contributed by atoms with van der Waals surface area (Å²) in [6.45, 7) is 0. The average molecular weight is 404 g/mol. The SMILES string of the molecule is COc1cccc(-c2csc3nc(NS(=O)(=O)c4ccc(F)cc4)nn23)c1. The first-order valence-electron chi connectivity index (χ1n) is 7.73. The summed E-state index contributed by atoms with van der Waals surface area (Å²) >= 11 is 1.33. The van der Waals surface area contributed by atoms with Crippen LogP contribution in [-0.4, -0.2) is 30.1 Å². The van der Waals surface area contributed by atoms with E-state index in [0.717, 1.165) is 23.4 Å². The molecule has 7 nitrogen and oxygen atoms in total. The number of hydrogen-bond donors (Lipinski definition) is 1. The third kappa shape index (κ3) is 3.36. The predicted molar refractivity (Wildman–Crippen MR) is 100 cm³/mol. The number of thiazole rings is 1. The van der Waals surface area contributed by atoms with Gasteiger partial charge in [0.1, 0.15) is 11.6 Å². The summed E-state index contributed by atoms with van der Waals surface area (Å²) in [5, 5.41) is 6.12. The van der Waals surface area contributed by atoms with Gasteiger partial charge in [0.2, 0.25) is 4.96 Å². The van der Waals surface area contributed by atoms with E-state index in [4.69, 9.17) is 4.74 Å². The van der Waals surface area contributed by atoms with Crippen LogP contribution in [0.15, 0.2) is 58.8 Å². The van der Waals surface area contributed by atoms with Crippen molar-refractivity contribution < 1.29 is 17.5 Å². The van der Waals surface area contributed by atoms with Gasteiger partial charge in [-0.1, -0.05) is 12.1 Å². The number of fused-ring (bicyclic) bond motifs is 1. The van der Waals surface area contributed by atoms with Crippen LogP contribution < -0.4 is 9.46 Å². The Hall–Kier alpha value is -2.98. The summed E-state index contributed by atoms with van der Waals surface area (Å²) in [6.07, 6.45) is 0. The summed E-state index contributed by atoms with van der Waals surface area (Å²) in [4.78, 5) is 4.66. The van der Waals surface area contributed by atoms with Crippen molar-refractivity contribution in [2.75, 3.05) is 11.8 Å². The first kappa shape index (κ1) is 17.4. The molecule has 27 heavy (non-hydrogen) atoms. The van der Waals surface area contributed by atoms with Crippen molar-refractivity contribution in [1.29, 1.82) is 0 Å². The van der Waals surface area contributed by atoms with Gasteiger partial charge in [-0.15, -0.1) is 16.4 Å². The van der Waals surface area contributed by atoms with Gasteiger partial charge >= 0.3 is 0 Å². The third-order valence-corrected chi connectivity index (χ3v) is 5.96. The molecular formula is C17H13FN4O3S2. The van der Waals surface area contributed by atoms with Crippen LogP contribution in [0.3, 0.4) is 0 Å². The van der Waals surface area contributed by atoms with E-state index >= 15 is 0 Å². The molecule has 2 aromatic carbocycles. The number of nitrogens with one attached hydrogen (secondary N) is 1. The number of halogens is 1. The summed E-state index contributed by atoms with van der Waals surface area (Å²) in [5.41, 5.74) is 1.62. The largest absolute Gasteiger partial charge is 0.497 e. The van der Waals surface area contributed by atoms with E-state index < -0.39 is 15.8 Å². The lowest BCUT2D eigenvalue weighted by atomic mass is 10.2. The van der Waals surface area contributed by atoms with Crippen LogP contribution in [0.25, 0.3) is 16.2 Å². The lowest BCUT2D eigenvalue weighted by molar-refractivity contribution is 0.415. The van der Waals surface area contributed by atoms with Gasteiger partial charge in [-0.3, -0.25) is 0 Å². The molecule has 0 bridgehead atoms. The molecule has 0 radical (unpaired) electrons. The van der Waals surface area contributed by atoms with Crippen molar-refractivity contribution in [3.8, 4) is 17.0 Å². The van der Waals surface area contributed by atoms with Gasteiger partial charge in [-0.25, -0.2) is 22.0 Å². The first-order chi connectivity index (χ1) is 13.0. The predicted octanol–water partition coefficient (Wildman–Crippen LogP) is 3.41. The first-order valence-corrected chi connectivity index (χ1v) is 10.1. The highest BCUT2D eigenvalue weighted by Crippen LogP contribution is 2.28. The van der Waals surface area contributed by atoms with Crippen LogP contribution in [0.5, 0.6) is 5.75 Å². The Labute approximate surface area is 158 Å². The Morgan fingerprint density at radius 3 is 2.70 bits per heavy atom. The molecule has 4 aromatic rings. The lowest BCUT2D eigenvalue weighted by Gasteiger charge is -2.04. The van der Waals surface area contributed by atoms with E-state index in [-0.39, 0.29) is 10.8 Å². The van der Waals surface area contributed by atoms with E-state index in [1.165, 1.54) is 23.5 Å². The highest BCUT2D eigenvalue weighted by Gasteiger charge is 2.19. The second-order valence-electron chi connectivity index (χ2n) is 5.54. The topological polar surface area (TPSA) is 85.6 Å². The number of benzene rings is 2. The molecule has 0 aliphatic carbocycles. The molecule has 0 unspecified atom stereocenters. The molecule has 0 saturated heterocycles. The van der Waals surface area contributed by atoms with Crippen molar-refractivity contribution in [3.05, 3.63) is 59.7 Å². The van der Waals surface area contributed by atoms with E-state index in [2.05, 4.69) is 14.8 Å². The zero-order chi connectivity index (χ0) is 19.0. The Kier molecular flexibility index (Phi) is 4.28. The number of rotatable bonds is 5. The van der Waals surface area contributed by atoms with Gasteiger partial charge in [0.05, 0.1) is 17.7 Å². The number of hydrogen-bond acceptors (Lipinski definition) is 6. The number of methoxy groups -OCH3 is 1. The fourth-order valence-electron chi connectivity index (χ4n) is 2.50. The monoisotopic (exact) mass is 404 g/mol. The molecule has 0 aliphatic rings. The number of nitrogens with zero attached hydrogens (tertiary/aromatic N) is 3. The molecule has 0 spiro atoms. The molecule has 0 amide bonds. The van der Waals surface area contributed by atoms with Gasteiger partial charge in [0.15, 0.2) is 0 Å². The smallest absolute Gasteiger partial charge is 0.264 e. The maximum atomic E-state index is 13.0. The fourth-order valence-corrected chi connectivity index (χ4v) is 4.27. The van der Waals surface area contributed by atoms with Crippen molar-refractivity contribution >= 4 is 32.3 Å². The number of ether oxygens (including phenoxy) is 1. The highest BCUT2D eigenvalue weighted by atomic mass is 32.2. The van der Waals surface area contributed by atoms with Gasteiger partial charge in [-0.2, -0.15) is 4.98 Å². The van der Waals surface area contributed by atoms with Crippen LogP contribution >= 0.6 is 11.3 Å². The summed E-state index contributed by atoms with van der Waals surface area (Å²) in [7, 11) is -2.33. The molecule has 0 aliphatic heterocycles. The molecule has 0 atom stereocenters. The van der Waals surface area contributed by atoms with E-state index in [1.807, 2.05) is 29.6 Å². The Morgan fingerprint density at radius 2 is 1.96 bits per heavy atom. The minimum Gasteiger partial charge on any atom is -0.497 e. The summed E-state index contributed by atoms with van der Waals surface area (Å²) in [5.74, 6) is 0.122. The third-order valence-electron chi connectivity index (χ3n) is 3.80. The van der Waals surface area contributed by atoms with Gasteiger partial charge in [0, 0.05) is 10.9 Å². The molecule has 138 valence electrons. The van der Waals surface area contributed by atoms with Crippen molar-refractivity contribution in [2.45, 2.75) is 4.90 Å². The van der Waals surface area contributed by atoms with Crippen LogP contribution in [0.4, 0.5) is 10.3 Å². The Morgan fingerprint density at radius 1 is 1.19 bits per heavy atom. The average Bonchev–Trinajstić information content (AvgIpc) is 3.21. The zero-order valence-electron chi connectivity index (χ0n) is 14.0. The van der Waals surface area contributed by atoms with Gasteiger partial charge in [-0.05, 0) is 36.4 Å². The van der Waals surface area contributed by atoms with Gasteiger partial charge < -0.3 is 4.74 Å². The molecule has 2 aromatic heterocycles. The molecular weight excluding hydrogens is 391 g/mol. The van der Waals surface area contributed by atoms with Crippen molar-refractivity contribution in [2.24, 2.45) is 0 Å². The fraction of sp³-hybridized carbons (Fsp3) is 0.0588. The summed E-state index contributed by atoms with van der Waals surface area (Å²) < 4.78 is 46.9. The summed E-state index contributed by atoms with van der Waals surface area (Å²) in [6, 6.07) is 11.9. The van der Waals surface area contributed by atoms with E-state index in [0.29, 0.717) is 10.7 Å². The van der Waals surface area contributed by atoms with E-state index in [9.17, 15) is 12.8 Å². The molecule has 1 N–H and O–H groups in total. The molecule has 0 saturated carbocycles. The van der Waals surface area contributed by atoms with Crippen molar-refractivity contribution in [1.82, 2.24) is 14.6 Å². The van der Waals surface area contributed by atoms with Crippen LogP contribution in [0.2, 0.25) is 0 Å². The number of anilines is 1. The molecule has 2 heterocycles. The Balaban J connectivity index is 1.68. The van der Waals surface area contributed by atoms with Crippen LogP contribution in [0, 0.1) is 5.82 Å². The maximum absolute atomic E-state index is 13.0. The zero-order valence-corrected chi connectivity index (χ0v) is 15.6. The second kappa shape index (κ2) is 6.63.